The Kier molecular flexibility index (Phi) is 5.78. The van der Waals surface area contributed by atoms with Crippen molar-refractivity contribution >= 4 is 27.5 Å². The summed E-state index contributed by atoms with van der Waals surface area (Å²) in [5, 5.41) is 0. The number of carbonyl (C=O) groups is 1. The number of fused-ring (bicyclic) bond motifs is 1. The van der Waals surface area contributed by atoms with Crippen LogP contribution in [-0.4, -0.2) is 56.4 Å². The predicted molar refractivity (Wildman–Crippen MR) is 123 cm³/mol. The first kappa shape index (κ1) is 19.9. The van der Waals surface area contributed by atoms with Crippen LogP contribution in [0.25, 0.3) is 10.2 Å². The van der Waals surface area contributed by atoms with E-state index < -0.39 is 0 Å². The second kappa shape index (κ2) is 8.99. The van der Waals surface area contributed by atoms with Crippen molar-refractivity contribution < 1.29 is 4.79 Å². The quantitative estimate of drug-likeness (QED) is 0.481. The number of thiazole rings is 1. The molecule has 1 amide bonds. The van der Waals surface area contributed by atoms with Crippen LogP contribution in [0, 0.1) is 0 Å². The zero-order valence-corrected chi connectivity index (χ0v) is 18.2. The molecule has 7 heteroatoms. The Morgan fingerprint density at radius 2 is 1.87 bits per heavy atom. The first-order chi connectivity index (χ1) is 15.3. The van der Waals surface area contributed by atoms with Crippen molar-refractivity contribution in [1.82, 2.24) is 24.3 Å². The SMILES string of the molecule is O=C(c1ccc2ncsc2c1)N1CCCN(Cc2nccn2Cc2ccccc2)CC1. The molecule has 158 valence electrons. The van der Waals surface area contributed by atoms with Gasteiger partial charge in [-0.2, -0.15) is 0 Å². The Morgan fingerprint density at radius 3 is 2.77 bits per heavy atom. The van der Waals surface area contributed by atoms with Crippen molar-refractivity contribution in [3.63, 3.8) is 0 Å². The molecule has 0 aliphatic carbocycles. The number of amides is 1. The van der Waals surface area contributed by atoms with Crippen LogP contribution in [0.2, 0.25) is 0 Å². The summed E-state index contributed by atoms with van der Waals surface area (Å²) in [4.78, 5) is 26.4. The molecule has 0 N–H and O–H groups in total. The molecule has 4 aromatic rings. The minimum Gasteiger partial charge on any atom is -0.337 e. The largest absolute Gasteiger partial charge is 0.337 e. The van der Waals surface area contributed by atoms with Crippen molar-refractivity contribution in [2.24, 2.45) is 0 Å². The van der Waals surface area contributed by atoms with Crippen LogP contribution in [0.1, 0.15) is 28.2 Å². The summed E-state index contributed by atoms with van der Waals surface area (Å²) in [6.45, 7) is 4.97. The van der Waals surface area contributed by atoms with Gasteiger partial charge in [-0.1, -0.05) is 30.3 Å². The Labute approximate surface area is 185 Å². The summed E-state index contributed by atoms with van der Waals surface area (Å²) >= 11 is 1.57. The summed E-state index contributed by atoms with van der Waals surface area (Å²) in [5.41, 5.74) is 4.80. The highest BCUT2D eigenvalue weighted by Gasteiger charge is 2.21. The first-order valence-electron chi connectivity index (χ1n) is 10.6. The van der Waals surface area contributed by atoms with E-state index in [4.69, 9.17) is 0 Å². The highest BCUT2D eigenvalue weighted by Crippen LogP contribution is 2.20. The van der Waals surface area contributed by atoms with Crippen LogP contribution >= 0.6 is 11.3 Å². The lowest BCUT2D eigenvalue weighted by molar-refractivity contribution is 0.0761. The fourth-order valence-electron chi connectivity index (χ4n) is 4.12. The Hall–Kier alpha value is -3.03. The molecule has 0 saturated carbocycles. The van der Waals surface area contributed by atoms with Gasteiger partial charge in [0, 0.05) is 50.7 Å². The maximum atomic E-state index is 13.1. The van der Waals surface area contributed by atoms with Crippen molar-refractivity contribution in [2.75, 3.05) is 26.2 Å². The molecule has 6 nitrogen and oxygen atoms in total. The van der Waals surface area contributed by atoms with Crippen molar-refractivity contribution in [1.29, 1.82) is 0 Å². The van der Waals surface area contributed by atoms with E-state index in [9.17, 15) is 4.79 Å². The molecule has 0 unspecified atom stereocenters. The van der Waals surface area contributed by atoms with E-state index in [1.165, 1.54) is 5.56 Å². The summed E-state index contributed by atoms with van der Waals surface area (Å²) < 4.78 is 3.28. The van der Waals surface area contributed by atoms with Gasteiger partial charge in [0.1, 0.15) is 5.82 Å². The molecule has 0 atom stereocenters. The Balaban J connectivity index is 1.22. The van der Waals surface area contributed by atoms with Gasteiger partial charge in [0.05, 0.1) is 22.3 Å². The summed E-state index contributed by atoms with van der Waals surface area (Å²) in [7, 11) is 0. The van der Waals surface area contributed by atoms with E-state index in [1.54, 1.807) is 11.3 Å². The van der Waals surface area contributed by atoms with Gasteiger partial charge in [-0.15, -0.1) is 11.3 Å². The second-order valence-electron chi connectivity index (χ2n) is 7.91. The molecule has 2 aromatic carbocycles. The smallest absolute Gasteiger partial charge is 0.253 e. The third-order valence-corrected chi connectivity index (χ3v) is 6.61. The molecule has 0 radical (unpaired) electrons. The average Bonchev–Trinajstić information content (AvgIpc) is 3.38. The van der Waals surface area contributed by atoms with E-state index in [-0.39, 0.29) is 5.91 Å². The normalized spacial score (nSPS) is 15.3. The number of imidazole rings is 1. The fourth-order valence-corrected chi connectivity index (χ4v) is 4.83. The maximum Gasteiger partial charge on any atom is 0.253 e. The number of hydrogen-bond donors (Lipinski definition) is 0. The van der Waals surface area contributed by atoms with Crippen LogP contribution in [-0.2, 0) is 13.1 Å². The molecular formula is C24H25N5OS. The molecule has 0 spiro atoms. The molecule has 1 aliphatic heterocycles. The monoisotopic (exact) mass is 431 g/mol. The van der Waals surface area contributed by atoms with E-state index in [2.05, 4.69) is 43.7 Å². The summed E-state index contributed by atoms with van der Waals surface area (Å²) in [6.07, 6.45) is 4.89. The van der Waals surface area contributed by atoms with E-state index in [0.29, 0.717) is 0 Å². The lowest BCUT2D eigenvalue weighted by atomic mass is 10.2. The van der Waals surface area contributed by atoms with Crippen LogP contribution in [0.5, 0.6) is 0 Å². The van der Waals surface area contributed by atoms with Crippen molar-refractivity contribution in [2.45, 2.75) is 19.5 Å². The number of nitrogens with zero attached hydrogens (tertiary/aromatic N) is 5. The topological polar surface area (TPSA) is 54.3 Å². The molecule has 2 aromatic heterocycles. The third-order valence-electron chi connectivity index (χ3n) is 5.82. The average molecular weight is 432 g/mol. The number of carbonyl (C=O) groups excluding carboxylic acids is 1. The van der Waals surface area contributed by atoms with Crippen LogP contribution < -0.4 is 0 Å². The first-order valence-corrected chi connectivity index (χ1v) is 11.5. The van der Waals surface area contributed by atoms with Crippen molar-refractivity contribution in [3.05, 3.63) is 83.4 Å². The Bertz CT molecular complexity index is 1170. The molecule has 1 fully saturated rings. The molecule has 3 heterocycles. The summed E-state index contributed by atoms with van der Waals surface area (Å²) in [6, 6.07) is 16.3. The van der Waals surface area contributed by atoms with Gasteiger partial charge in [-0.05, 0) is 30.2 Å². The van der Waals surface area contributed by atoms with Crippen molar-refractivity contribution in [3.8, 4) is 0 Å². The van der Waals surface area contributed by atoms with Crippen LogP contribution in [0.3, 0.4) is 0 Å². The van der Waals surface area contributed by atoms with Crippen LogP contribution in [0.4, 0.5) is 0 Å². The van der Waals surface area contributed by atoms with Gasteiger partial charge in [0.2, 0.25) is 0 Å². The van der Waals surface area contributed by atoms with Gasteiger partial charge in [0.25, 0.3) is 5.91 Å². The van der Waals surface area contributed by atoms with Gasteiger partial charge in [-0.3, -0.25) is 9.69 Å². The zero-order chi connectivity index (χ0) is 21.0. The predicted octanol–water partition coefficient (Wildman–Crippen LogP) is 3.89. The number of rotatable bonds is 5. The lowest BCUT2D eigenvalue weighted by Crippen LogP contribution is -2.35. The van der Waals surface area contributed by atoms with Gasteiger partial charge in [-0.25, -0.2) is 9.97 Å². The molecular weight excluding hydrogens is 406 g/mol. The number of hydrogen-bond acceptors (Lipinski definition) is 5. The van der Waals surface area contributed by atoms with E-state index in [0.717, 1.165) is 67.3 Å². The van der Waals surface area contributed by atoms with Gasteiger partial charge < -0.3 is 9.47 Å². The number of aromatic nitrogens is 3. The minimum absolute atomic E-state index is 0.114. The third kappa shape index (κ3) is 4.52. The maximum absolute atomic E-state index is 13.1. The Morgan fingerprint density at radius 1 is 0.968 bits per heavy atom. The van der Waals surface area contributed by atoms with Gasteiger partial charge in [0.15, 0.2) is 0 Å². The van der Waals surface area contributed by atoms with E-state index >= 15 is 0 Å². The van der Waals surface area contributed by atoms with Gasteiger partial charge >= 0.3 is 0 Å². The lowest BCUT2D eigenvalue weighted by Gasteiger charge is -2.22. The zero-order valence-electron chi connectivity index (χ0n) is 17.4. The molecule has 1 saturated heterocycles. The fraction of sp³-hybridized carbons (Fsp3) is 0.292. The highest BCUT2D eigenvalue weighted by atomic mass is 32.1. The minimum atomic E-state index is 0.114. The van der Waals surface area contributed by atoms with Crippen LogP contribution in [0.15, 0.2) is 66.4 Å². The highest BCUT2D eigenvalue weighted by molar-refractivity contribution is 7.16. The molecule has 1 aliphatic rings. The molecule has 31 heavy (non-hydrogen) atoms. The standard InChI is InChI=1S/C24H25N5OS/c30-24(20-7-8-21-22(15-20)31-18-26-21)28-11-4-10-27(13-14-28)17-23-25-9-12-29(23)16-19-5-2-1-3-6-19/h1-3,5-9,12,15,18H,4,10-11,13-14,16-17H2. The number of benzene rings is 2. The molecule has 0 bridgehead atoms. The van der Waals surface area contributed by atoms with E-state index in [1.807, 2.05) is 47.1 Å². The molecule has 5 rings (SSSR count). The summed E-state index contributed by atoms with van der Waals surface area (Å²) in [5.74, 6) is 1.18. The second-order valence-corrected chi connectivity index (χ2v) is 8.80.